The van der Waals surface area contributed by atoms with Crippen LogP contribution < -0.4 is 4.90 Å². The number of nitrogens with zero attached hydrogens (tertiary/aromatic N) is 1. The second-order valence-corrected chi connectivity index (χ2v) is 8.14. The molecular formula is C21H20ClNO3S. The van der Waals surface area contributed by atoms with E-state index in [0.29, 0.717) is 16.8 Å². The number of thioether (sulfide) groups is 1. The van der Waals surface area contributed by atoms with Crippen molar-refractivity contribution in [1.82, 2.24) is 0 Å². The average Bonchev–Trinajstić information content (AvgIpc) is 2.84. The normalized spacial score (nSPS) is 16.7. The van der Waals surface area contributed by atoms with E-state index in [0.717, 1.165) is 22.6 Å². The van der Waals surface area contributed by atoms with Gasteiger partial charge in [0.25, 0.3) is 5.91 Å². The lowest BCUT2D eigenvalue weighted by molar-refractivity contribution is -0.142. The first-order valence-corrected chi connectivity index (χ1v) is 9.95. The van der Waals surface area contributed by atoms with E-state index < -0.39 is 5.97 Å². The molecule has 140 valence electrons. The van der Waals surface area contributed by atoms with Gasteiger partial charge in [0.1, 0.15) is 0 Å². The molecular weight excluding hydrogens is 382 g/mol. The van der Waals surface area contributed by atoms with E-state index in [2.05, 4.69) is 6.92 Å². The molecule has 0 N–H and O–H groups in total. The number of benzene rings is 2. The summed E-state index contributed by atoms with van der Waals surface area (Å²) in [5, 5.41) is 1.05. The number of fused-ring (bicyclic) bond motifs is 1. The SMILES string of the molecule is C[C@H]1CCN(C(=O)COC(=O)/C=C/c2ccc(Cl)cc2)c2ccccc2S1. The van der Waals surface area contributed by atoms with Crippen LogP contribution >= 0.6 is 23.4 Å². The van der Waals surface area contributed by atoms with Gasteiger partial charge in [0, 0.05) is 27.8 Å². The Morgan fingerprint density at radius 1 is 1.22 bits per heavy atom. The van der Waals surface area contributed by atoms with Gasteiger partial charge in [-0.15, -0.1) is 11.8 Å². The summed E-state index contributed by atoms with van der Waals surface area (Å²) in [6.45, 7) is 2.48. The van der Waals surface area contributed by atoms with E-state index in [4.69, 9.17) is 16.3 Å². The molecule has 3 rings (SSSR count). The number of carbonyl (C=O) groups is 2. The summed E-state index contributed by atoms with van der Waals surface area (Å²) >= 11 is 7.59. The van der Waals surface area contributed by atoms with Gasteiger partial charge in [-0.05, 0) is 42.3 Å². The number of hydrogen-bond donors (Lipinski definition) is 0. The molecule has 27 heavy (non-hydrogen) atoms. The van der Waals surface area contributed by atoms with E-state index in [1.165, 1.54) is 6.08 Å². The molecule has 2 aromatic carbocycles. The second-order valence-electron chi connectivity index (χ2n) is 6.22. The molecule has 6 heteroatoms. The Morgan fingerprint density at radius 2 is 1.96 bits per heavy atom. The lowest BCUT2D eigenvalue weighted by Gasteiger charge is -2.22. The molecule has 0 saturated carbocycles. The first-order valence-electron chi connectivity index (χ1n) is 8.69. The van der Waals surface area contributed by atoms with Crippen LogP contribution in [0.15, 0.2) is 59.5 Å². The van der Waals surface area contributed by atoms with Crippen LogP contribution in [0.25, 0.3) is 6.08 Å². The molecule has 0 aromatic heterocycles. The maximum absolute atomic E-state index is 12.6. The number of carbonyl (C=O) groups excluding carboxylic acids is 2. The predicted octanol–water partition coefficient (Wildman–Crippen LogP) is 4.81. The summed E-state index contributed by atoms with van der Waals surface area (Å²) in [5.41, 5.74) is 1.71. The highest BCUT2D eigenvalue weighted by Crippen LogP contribution is 2.37. The maximum atomic E-state index is 12.6. The molecule has 4 nitrogen and oxygen atoms in total. The van der Waals surface area contributed by atoms with Crippen LogP contribution in [-0.4, -0.2) is 30.3 Å². The van der Waals surface area contributed by atoms with Crippen LogP contribution in [0.5, 0.6) is 0 Å². The van der Waals surface area contributed by atoms with E-state index in [1.54, 1.807) is 47.0 Å². The molecule has 0 radical (unpaired) electrons. The summed E-state index contributed by atoms with van der Waals surface area (Å²) in [6.07, 6.45) is 3.82. The Bertz CT molecular complexity index is 851. The largest absolute Gasteiger partial charge is 0.452 e. The Balaban J connectivity index is 1.60. The standard InChI is InChI=1S/C21H20ClNO3S/c1-15-12-13-23(18-4-2-3-5-19(18)27-15)20(24)14-26-21(25)11-8-16-6-9-17(22)10-7-16/h2-11,15H,12-14H2,1H3/b11-8+/t15-/m0/s1. The Labute approximate surface area is 168 Å². The van der Waals surface area contributed by atoms with Gasteiger partial charge in [0.05, 0.1) is 5.69 Å². The molecule has 2 aromatic rings. The summed E-state index contributed by atoms with van der Waals surface area (Å²) in [7, 11) is 0. The molecule has 0 fully saturated rings. The number of anilines is 1. The minimum absolute atomic E-state index is 0.217. The van der Waals surface area contributed by atoms with Crippen molar-refractivity contribution in [2.75, 3.05) is 18.1 Å². The highest BCUT2D eigenvalue weighted by molar-refractivity contribution is 8.00. The Morgan fingerprint density at radius 3 is 2.74 bits per heavy atom. The van der Waals surface area contributed by atoms with Crippen molar-refractivity contribution in [3.8, 4) is 0 Å². The van der Waals surface area contributed by atoms with Crippen molar-refractivity contribution < 1.29 is 14.3 Å². The highest BCUT2D eigenvalue weighted by atomic mass is 35.5. The monoisotopic (exact) mass is 401 g/mol. The third kappa shape index (κ3) is 5.37. The summed E-state index contributed by atoms with van der Waals surface area (Å²) in [4.78, 5) is 27.3. The first-order chi connectivity index (χ1) is 13.0. The molecule has 0 saturated heterocycles. The van der Waals surface area contributed by atoms with Gasteiger partial charge in [-0.1, -0.05) is 42.8 Å². The predicted molar refractivity (Wildman–Crippen MR) is 110 cm³/mol. The van der Waals surface area contributed by atoms with Crippen LogP contribution in [0, 0.1) is 0 Å². The fourth-order valence-corrected chi connectivity index (χ4v) is 3.98. The molecule has 0 aliphatic carbocycles. The summed E-state index contributed by atoms with van der Waals surface area (Å²) in [5.74, 6) is -0.769. The summed E-state index contributed by atoms with van der Waals surface area (Å²) < 4.78 is 5.14. The zero-order chi connectivity index (χ0) is 19.2. The van der Waals surface area contributed by atoms with Crippen LogP contribution in [0.4, 0.5) is 5.69 Å². The fraction of sp³-hybridized carbons (Fsp3) is 0.238. The fourth-order valence-electron chi connectivity index (χ4n) is 2.74. The number of ether oxygens (including phenoxy) is 1. The smallest absolute Gasteiger partial charge is 0.331 e. The van der Waals surface area contributed by atoms with E-state index in [-0.39, 0.29) is 12.5 Å². The van der Waals surface area contributed by atoms with Gasteiger partial charge in [-0.25, -0.2) is 4.79 Å². The van der Waals surface area contributed by atoms with Gasteiger partial charge in [0.2, 0.25) is 0 Å². The van der Waals surface area contributed by atoms with Crippen LogP contribution in [0.3, 0.4) is 0 Å². The van der Waals surface area contributed by atoms with Gasteiger partial charge >= 0.3 is 5.97 Å². The molecule has 1 aliphatic rings. The average molecular weight is 402 g/mol. The second kappa shape index (κ2) is 9.11. The van der Waals surface area contributed by atoms with Crippen molar-refractivity contribution in [2.45, 2.75) is 23.5 Å². The van der Waals surface area contributed by atoms with E-state index in [9.17, 15) is 9.59 Å². The Kier molecular flexibility index (Phi) is 6.58. The topological polar surface area (TPSA) is 46.6 Å². The zero-order valence-electron chi connectivity index (χ0n) is 14.9. The molecule has 1 amide bonds. The van der Waals surface area contributed by atoms with Crippen molar-refractivity contribution in [2.24, 2.45) is 0 Å². The van der Waals surface area contributed by atoms with Gasteiger partial charge in [0.15, 0.2) is 6.61 Å². The first kappa shape index (κ1) is 19.5. The minimum Gasteiger partial charge on any atom is -0.452 e. The molecule has 0 bridgehead atoms. The number of esters is 1. The molecule has 1 aliphatic heterocycles. The van der Waals surface area contributed by atoms with E-state index in [1.807, 2.05) is 24.3 Å². The van der Waals surface area contributed by atoms with Gasteiger partial charge in [-0.2, -0.15) is 0 Å². The third-order valence-electron chi connectivity index (χ3n) is 4.16. The number of amides is 1. The highest BCUT2D eigenvalue weighted by Gasteiger charge is 2.24. The van der Waals surface area contributed by atoms with Crippen LogP contribution in [0.2, 0.25) is 5.02 Å². The molecule has 1 heterocycles. The number of halogens is 1. The van der Waals surface area contributed by atoms with Crippen molar-refractivity contribution >= 4 is 47.0 Å². The lowest BCUT2D eigenvalue weighted by atomic mass is 10.2. The molecule has 1 atom stereocenters. The van der Waals surface area contributed by atoms with Crippen molar-refractivity contribution in [3.05, 3.63) is 65.2 Å². The Hall–Kier alpha value is -2.24. The number of rotatable bonds is 4. The minimum atomic E-state index is -0.552. The molecule has 0 unspecified atom stereocenters. The van der Waals surface area contributed by atoms with E-state index >= 15 is 0 Å². The third-order valence-corrected chi connectivity index (χ3v) is 5.65. The quantitative estimate of drug-likeness (QED) is 0.544. The van der Waals surface area contributed by atoms with Crippen LogP contribution in [-0.2, 0) is 14.3 Å². The summed E-state index contributed by atoms with van der Waals surface area (Å²) in [6, 6.07) is 14.9. The maximum Gasteiger partial charge on any atom is 0.331 e. The van der Waals surface area contributed by atoms with Crippen molar-refractivity contribution in [1.29, 1.82) is 0 Å². The molecule has 0 spiro atoms. The lowest BCUT2D eigenvalue weighted by Crippen LogP contribution is -2.35. The van der Waals surface area contributed by atoms with Crippen LogP contribution in [0.1, 0.15) is 18.9 Å². The number of para-hydroxylation sites is 1. The van der Waals surface area contributed by atoms with Gasteiger partial charge in [-0.3, -0.25) is 4.79 Å². The van der Waals surface area contributed by atoms with Gasteiger partial charge < -0.3 is 9.64 Å². The van der Waals surface area contributed by atoms with Crippen molar-refractivity contribution in [3.63, 3.8) is 0 Å². The zero-order valence-corrected chi connectivity index (χ0v) is 16.5. The number of hydrogen-bond acceptors (Lipinski definition) is 4.